The Hall–Kier alpha value is -12.5. The molecule has 2 saturated heterocycles. The lowest BCUT2D eigenvalue weighted by Crippen LogP contribution is -2.41. The van der Waals surface area contributed by atoms with Gasteiger partial charge in [-0.2, -0.15) is 28.8 Å². The number of aromatic amines is 1. The van der Waals surface area contributed by atoms with Gasteiger partial charge in [-0.3, -0.25) is 19.5 Å². The Balaban J connectivity index is 0.000000162. The Kier molecular flexibility index (Phi) is 29.4. The van der Waals surface area contributed by atoms with E-state index in [0.717, 1.165) is 66.3 Å². The number of aromatic nitrogens is 15. The molecule has 1 N–H and O–H groups in total. The maximum atomic E-state index is 13.0. The Labute approximate surface area is 745 Å². The highest BCUT2D eigenvalue weighted by molar-refractivity contribution is 6.65. The van der Waals surface area contributed by atoms with Gasteiger partial charge in [0.2, 0.25) is 0 Å². The van der Waals surface area contributed by atoms with Gasteiger partial charge in [0.05, 0.1) is 73.2 Å². The molecular formula is C89H108BCl2N19O16. The van der Waals surface area contributed by atoms with E-state index in [2.05, 4.69) is 62.2 Å². The van der Waals surface area contributed by atoms with Crippen LogP contribution >= 0.6 is 23.2 Å². The molecule has 2 amide bonds. The number of H-pyrrole nitrogens is 1. The van der Waals surface area contributed by atoms with Crippen molar-refractivity contribution < 1.29 is 76.0 Å². The van der Waals surface area contributed by atoms with Crippen molar-refractivity contribution in [1.82, 2.24) is 77.8 Å². The molecule has 0 unspecified atom stereocenters. The quantitative estimate of drug-likeness (QED) is 0.0249. The number of pyridine rings is 3. The van der Waals surface area contributed by atoms with E-state index in [1.165, 1.54) is 66.1 Å². The predicted molar refractivity (Wildman–Crippen MR) is 484 cm³/mol. The van der Waals surface area contributed by atoms with Gasteiger partial charge in [0.25, 0.3) is 0 Å². The van der Waals surface area contributed by atoms with Gasteiger partial charge in [0, 0.05) is 141 Å². The smallest absolute Gasteiger partial charge is 0.462 e. The number of anilines is 3. The summed E-state index contributed by atoms with van der Waals surface area (Å²) in [6.45, 7) is 40.3. The number of alkyl halides is 1. The number of carbonyl (C=O) groups excluding carboxylic acids is 7. The number of rotatable bonds is 15. The van der Waals surface area contributed by atoms with Gasteiger partial charge >= 0.3 is 43.4 Å². The first kappa shape index (κ1) is 95.2. The van der Waals surface area contributed by atoms with Gasteiger partial charge in [-0.15, -0.1) is 11.6 Å². The van der Waals surface area contributed by atoms with E-state index in [4.69, 9.17) is 70.7 Å². The second kappa shape index (κ2) is 39.2. The van der Waals surface area contributed by atoms with E-state index in [0.29, 0.717) is 68.0 Å². The Bertz CT molecular complexity index is 6150. The fraction of sp³-hybridized carbons (Fsp3) is 0.416. The van der Waals surface area contributed by atoms with Crippen LogP contribution in [0.25, 0.3) is 72.6 Å². The monoisotopic (exact) mass is 1780 g/mol. The van der Waals surface area contributed by atoms with Gasteiger partial charge in [0.1, 0.15) is 73.1 Å². The average Bonchev–Trinajstić information content (AvgIpc) is 1.57. The summed E-state index contributed by atoms with van der Waals surface area (Å²) in [6, 6.07) is 26.2. The predicted octanol–water partition coefficient (Wildman–Crippen LogP) is 15.8. The highest BCUT2D eigenvalue weighted by Crippen LogP contribution is 2.39. The molecule has 0 aliphatic carbocycles. The minimum Gasteiger partial charge on any atom is -0.462 e. The normalized spacial score (nSPS) is 13.9. The molecule has 127 heavy (non-hydrogen) atoms. The third kappa shape index (κ3) is 22.9. The van der Waals surface area contributed by atoms with Crippen molar-refractivity contribution in [2.45, 2.75) is 172 Å². The van der Waals surface area contributed by atoms with E-state index in [-0.39, 0.29) is 47.2 Å². The van der Waals surface area contributed by atoms with Gasteiger partial charge in [-0.25, -0.2) is 67.8 Å². The van der Waals surface area contributed by atoms with Crippen LogP contribution < -0.4 is 20.2 Å². The number of ether oxygens (including phenoxy) is 7. The zero-order valence-corrected chi connectivity index (χ0v) is 77.1. The topological polar surface area (TPSA) is 370 Å². The number of fused-ring (bicyclic) bond motifs is 6. The Morgan fingerprint density at radius 2 is 0.984 bits per heavy atom. The lowest BCUT2D eigenvalue weighted by molar-refractivity contribution is 0.00578. The maximum absolute atomic E-state index is 13.0. The molecular weight excluding hydrogens is 1670 g/mol. The number of Topliss-reactive ketones (excluding diaryl/α,β-unsaturated/α-hetero) is 1. The molecule has 35 nitrogen and oxygen atoms in total. The molecule has 0 saturated carbocycles. The van der Waals surface area contributed by atoms with Crippen molar-refractivity contribution in [3.8, 4) is 22.5 Å². The fourth-order valence-electron chi connectivity index (χ4n) is 13.1. The largest absolute Gasteiger partial charge is 0.497 e. The van der Waals surface area contributed by atoms with Crippen LogP contribution in [0.15, 0.2) is 141 Å². The number of hydrogen-bond donors (Lipinski definition) is 1. The van der Waals surface area contributed by atoms with E-state index < -0.39 is 77.0 Å². The molecule has 15 rings (SSSR count). The van der Waals surface area contributed by atoms with Gasteiger partial charge in [0.15, 0.2) is 22.7 Å². The summed E-state index contributed by atoms with van der Waals surface area (Å²) in [5.41, 5.74) is 3.78. The van der Waals surface area contributed by atoms with Crippen LogP contribution in [0.4, 0.5) is 36.6 Å². The van der Waals surface area contributed by atoms with Crippen LogP contribution in [0.1, 0.15) is 168 Å². The lowest BCUT2D eigenvalue weighted by Gasteiger charge is -2.32. The molecule has 1 aromatic carbocycles. The van der Waals surface area contributed by atoms with E-state index in [9.17, 15) is 33.6 Å². The second-order valence-electron chi connectivity index (χ2n) is 34.6. The van der Waals surface area contributed by atoms with Crippen LogP contribution in [0, 0.1) is 0 Å². The SMILES string of the molecule is CC(=O)c1cnn2c(N(C)Cc3ccccc3)cc(Cl)nc12.CC(C)(C)OC(=O)n1cc(B2OC(C)(C)C(C)(C)O2)c2cccnc21.CCOC(=O)c1cnn2c(N(C)C(=O)OC(C)(C)C)cc(-c3c[nH]c4ncccc34)nc12.CCOC(=O)c1cnn2c(N(C)C(=O)OC(C)(C)C)cc(-c3cn(C(=O)OC(C)(C)C)c4ncccc34)nc12.ClCCN1CCOCC1. The van der Waals surface area contributed by atoms with Crippen LogP contribution in [0.5, 0.6) is 0 Å². The molecule has 0 radical (unpaired) electrons. The van der Waals surface area contributed by atoms with Crippen LogP contribution in [0.2, 0.25) is 5.15 Å². The van der Waals surface area contributed by atoms with Gasteiger partial charge < -0.3 is 52.4 Å². The van der Waals surface area contributed by atoms with Crippen molar-refractivity contribution in [3.05, 3.63) is 168 Å². The van der Waals surface area contributed by atoms with Crippen molar-refractivity contribution in [2.24, 2.45) is 0 Å². The van der Waals surface area contributed by atoms with Crippen LogP contribution in [-0.4, -0.2) is 234 Å². The molecule has 672 valence electrons. The average molecular weight is 1780 g/mol. The summed E-state index contributed by atoms with van der Waals surface area (Å²) < 4.78 is 57.1. The zero-order chi connectivity index (χ0) is 92.6. The van der Waals surface area contributed by atoms with Crippen LogP contribution in [-0.2, 0) is 49.0 Å². The van der Waals surface area contributed by atoms with Crippen molar-refractivity contribution >= 4 is 145 Å². The number of nitrogens with zero attached hydrogens (tertiary/aromatic N) is 18. The molecule has 13 aromatic rings. The number of morpholine rings is 1. The van der Waals surface area contributed by atoms with Gasteiger partial charge in [-0.05, 0) is 167 Å². The number of hydrogen-bond acceptors (Lipinski definition) is 27. The number of halogens is 2. The molecule has 0 spiro atoms. The van der Waals surface area contributed by atoms with Crippen molar-refractivity contribution in [1.29, 1.82) is 0 Å². The first-order valence-electron chi connectivity index (χ1n) is 41.2. The number of esters is 2. The Morgan fingerprint density at radius 1 is 0.535 bits per heavy atom. The number of amides is 2. The standard InChI is InChI=1S/C27H32N6O6.C22H24N6O4.C18H25BN2O4.C16H15ClN4O.C6H12ClNO/c1-9-37-23(34)17-14-29-33-20(31(8)24(35)38-26(2,3)4)13-19(30-22(17)33)18-15-32(25(36)39-27(5,6)7)21-16(18)11-10-12-28-21;1-6-31-20(29)15-12-25-28-17(27(5)21(30)32-22(2,3)4)10-16(26-19(15)28)14-11-24-18-13(14)8-7-9-23-18;1-16(2,3)23-15(22)21-11-13(12-9-8-10-20-14(12)21)19-24-17(4,5)18(6,7)25-19;1-11(22)13-9-18-21-15(8-14(17)19-16(13)21)20(2)10-12-6-4-3-5-7-12;7-1-2-8-3-5-9-6-4-8/h10-15H,9H2,1-8H3;7-12H,6H2,1-5H3,(H,23,24);8-11H,1-7H3;3-9H,10H2,1-2H3;1-6H2. The van der Waals surface area contributed by atoms with E-state index >= 15 is 0 Å². The minimum absolute atomic E-state index is 0.0820. The minimum atomic E-state index is -0.743. The number of ketones is 1. The number of carbonyl (C=O) groups is 7. The molecule has 0 atom stereocenters. The van der Waals surface area contributed by atoms with Crippen molar-refractivity contribution in [3.63, 3.8) is 0 Å². The molecule has 14 heterocycles. The third-order valence-corrected chi connectivity index (χ3v) is 20.1. The first-order chi connectivity index (χ1) is 59.8. The van der Waals surface area contributed by atoms with E-state index in [1.807, 2.05) is 103 Å². The third-order valence-electron chi connectivity index (χ3n) is 19.7. The summed E-state index contributed by atoms with van der Waals surface area (Å²) in [7, 11) is 4.49. The highest BCUT2D eigenvalue weighted by atomic mass is 35.5. The lowest BCUT2D eigenvalue weighted by atomic mass is 9.79. The number of benzene rings is 1. The maximum Gasteiger partial charge on any atom is 0.497 e. The number of nitrogens with one attached hydrogen (secondary N) is 1. The second-order valence-corrected chi connectivity index (χ2v) is 35.4. The summed E-state index contributed by atoms with van der Waals surface area (Å²) in [6.07, 6.45) is 11.9. The van der Waals surface area contributed by atoms with Crippen LogP contribution in [0.3, 0.4) is 0 Å². The molecule has 12 aromatic heterocycles. The zero-order valence-electron chi connectivity index (χ0n) is 75.6. The van der Waals surface area contributed by atoms with Gasteiger partial charge in [-0.1, -0.05) is 48.0 Å². The highest BCUT2D eigenvalue weighted by Gasteiger charge is 2.53. The fourth-order valence-corrected chi connectivity index (χ4v) is 13.5. The molecule has 0 bridgehead atoms. The summed E-state index contributed by atoms with van der Waals surface area (Å²) in [5, 5.41) is 15.5. The van der Waals surface area contributed by atoms with E-state index in [1.54, 1.807) is 155 Å². The first-order valence-corrected chi connectivity index (χ1v) is 42.1. The Morgan fingerprint density at radius 3 is 1.47 bits per heavy atom. The molecule has 2 aliphatic heterocycles. The summed E-state index contributed by atoms with van der Waals surface area (Å²) >= 11 is 11.7. The molecule has 38 heteroatoms. The molecule has 2 aliphatic rings. The summed E-state index contributed by atoms with van der Waals surface area (Å²) in [5.74, 6) is 0.946. The van der Waals surface area contributed by atoms with Crippen molar-refractivity contribution in [2.75, 3.05) is 87.8 Å². The molecule has 2 fully saturated rings. The summed E-state index contributed by atoms with van der Waals surface area (Å²) in [4.78, 5) is 125.